The zero-order valence-corrected chi connectivity index (χ0v) is 9.78. The summed E-state index contributed by atoms with van der Waals surface area (Å²) in [6.07, 6.45) is 0.933. The van der Waals surface area contributed by atoms with Gasteiger partial charge in [0.2, 0.25) is 0 Å². The number of carboxylic acids is 1. The van der Waals surface area contributed by atoms with Crippen LogP contribution in [-0.2, 0) is 16.6 Å². The lowest BCUT2D eigenvalue weighted by atomic mass is 9.81. The number of aliphatic carboxylic acids is 1. The molecule has 1 aromatic rings. The van der Waals surface area contributed by atoms with Crippen molar-refractivity contribution in [3.63, 3.8) is 0 Å². The van der Waals surface area contributed by atoms with Gasteiger partial charge in [-0.05, 0) is 32.4 Å². The van der Waals surface area contributed by atoms with Crippen molar-refractivity contribution in [3.8, 4) is 5.75 Å². The lowest BCUT2D eigenvalue weighted by Gasteiger charge is -2.22. The number of ether oxygens (including phenoxy) is 1. The van der Waals surface area contributed by atoms with Gasteiger partial charge in [-0.2, -0.15) is 0 Å². The van der Waals surface area contributed by atoms with Crippen molar-refractivity contribution in [2.75, 3.05) is 0 Å². The van der Waals surface area contributed by atoms with E-state index in [1.165, 1.54) is 0 Å². The molecular formula is C13H16O3. The lowest BCUT2D eigenvalue weighted by molar-refractivity contribution is -0.142. The van der Waals surface area contributed by atoms with Crippen LogP contribution in [0.25, 0.3) is 0 Å². The maximum Gasteiger partial charge on any atom is 0.313 e. The molecule has 1 N–H and O–H groups in total. The summed E-state index contributed by atoms with van der Waals surface area (Å²) < 4.78 is 5.63. The molecule has 1 aliphatic rings. The minimum absolute atomic E-state index is 0.140. The molecule has 3 heteroatoms. The van der Waals surface area contributed by atoms with Gasteiger partial charge >= 0.3 is 5.97 Å². The smallest absolute Gasteiger partial charge is 0.313 e. The molecule has 0 saturated heterocycles. The fourth-order valence-electron chi connectivity index (χ4n) is 2.13. The van der Waals surface area contributed by atoms with Crippen LogP contribution in [0.2, 0.25) is 0 Å². The summed E-state index contributed by atoms with van der Waals surface area (Å²) in [6.45, 7) is 5.46. The number of fused-ring (bicyclic) bond motifs is 1. The summed E-state index contributed by atoms with van der Waals surface area (Å²) in [5, 5.41) is 9.25. The van der Waals surface area contributed by atoms with Crippen LogP contribution in [0.4, 0.5) is 0 Å². The van der Waals surface area contributed by atoms with E-state index in [0.29, 0.717) is 0 Å². The molecule has 0 aromatic heterocycles. The lowest BCUT2D eigenvalue weighted by Crippen LogP contribution is -2.29. The van der Waals surface area contributed by atoms with E-state index in [4.69, 9.17) is 4.74 Å². The number of rotatable bonds is 2. The highest BCUT2D eigenvalue weighted by molar-refractivity contribution is 5.81. The minimum atomic E-state index is -0.862. The van der Waals surface area contributed by atoms with Crippen LogP contribution < -0.4 is 4.74 Å². The normalized spacial score (nSPS) is 19.1. The highest BCUT2D eigenvalue weighted by Crippen LogP contribution is 2.37. The molecule has 0 fully saturated rings. The molecular weight excluding hydrogens is 204 g/mol. The maximum absolute atomic E-state index is 11.3. The molecule has 0 radical (unpaired) electrons. The average molecular weight is 220 g/mol. The Kier molecular flexibility index (Phi) is 2.41. The second kappa shape index (κ2) is 3.51. The first-order valence-electron chi connectivity index (χ1n) is 5.45. The summed E-state index contributed by atoms with van der Waals surface area (Å²) in [4.78, 5) is 11.3. The molecule has 1 heterocycles. The molecule has 0 aliphatic carbocycles. The first kappa shape index (κ1) is 11.0. The summed E-state index contributed by atoms with van der Waals surface area (Å²) in [5.41, 5.74) is 1.04. The standard InChI is InChI=1S/C13H16O3/c1-8-7-9-10(13(2,3)12(14)15)5-4-6-11(9)16-8/h4-6,8H,7H2,1-3H3,(H,14,15). The molecule has 0 amide bonds. The molecule has 0 saturated carbocycles. The van der Waals surface area contributed by atoms with Crippen molar-refractivity contribution in [3.05, 3.63) is 29.3 Å². The van der Waals surface area contributed by atoms with Crippen LogP contribution in [0.3, 0.4) is 0 Å². The van der Waals surface area contributed by atoms with E-state index in [2.05, 4.69) is 0 Å². The van der Waals surface area contributed by atoms with Crippen molar-refractivity contribution < 1.29 is 14.6 Å². The van der Waals surface area contributed by atoms with Crippen molar-refractivity contribution >= 4 is 5.97 Å². The predicted molar refractivity (Wildman–Crippen MR) is 60.9 cm³/mol. The van der Waals surface area contributed by atoms with Crippen molar-refractivity contribution in [1.82, 2.24) is 0 Å². The van der Waals surface area contributed by atoms with Gasteiger partial charge in [-0.1, -0.05) is 12.1 Å². The third-order valence-electron chi connectivity index (χ3n) is 3.16. The molecule has 3 nitrogen and oxygen atoms in total. The predicted octanol–water partition coefficient (Wildman–Crippen LogP) is 2.37. The van der Waals surface area contributed by atoms with E-state index >= 15 is 0 Å². The van der Waals surface area contributed by atoms with Gasteiger partial charge in [-0.15, -0.1) is 0 Å². The molecule has 86 valence electrons. The average Bonchev–Trinajstić information content (AvgIpc) is 2.56. The van der Waals surface area contributed by atoms with Crippen LogP contribution in [0.15, 0.2) is 18.2 Å². The Morgan fingerprint density at radius 3 is 2.81 bits per heavy atom. The van der Waals surface area contributed by atoms with Gasteiger partial charge in [0.1, 0.15) is 11.9 Å². The Hall–Kier alpha value is -1.51. The van der Waals surface area contributed by atoms with Crippen molar-refractivity contribution in [2.24, 2.45) is 0 Å². The maximum atomic E-state index is 11.3. The summed E-state index contributed by atoms with van der Waals surface area (Å²) in [7, 11) is 0. The number of carboxylic acid groups (broad SMARTS) is 1. The van der Waals surface area contributed by atoms with Crippen molar-refractivity contribution in [1.29, 1.82) is 0 Å². The molecule has 1 aliphatic heterocycles. The van der Waals surface area contributed by atoms with E-state index in [-0.39, 0.29) is 6.10 Å². The Balaban J connectivity index is 2.52. The van der Waals surface area contributed by atoms with Crippen LogP contribution in [0, 0.1) is 0 Å². The van der Waals surface area contributed by atoms with Gasteiger partial charge in [-0.3, -0.25) is 4.79 Å². The van der Waals surface area contributed by atoms with Crippen LogP contribution in [-0.4, -0.2) is 17.2 Å². The Morgan fingerprint density at radius 2 is 2.19 bits per heavy atom. The van der Waals surface area contributed by atoms with Gasteiger partial charge in [0.15, 0.2) is 0 Å². The minimum Gasteiger partial charge on any atom is -0.490 e. The highest BCUT2D eigenvalue weighted by atomic mass is 16.5. The van der Waals surface area contributed by atoms with Gasteiger partial charge in [0, 0.05) is 12.0 Å². The molecule has 2 rings (SSSR count). The number of carbonyl (C=O) groups is 1. The van der Waals surface area contributed by atoms with Crippen LogP contribution >= 0.6 is 0 Å². The summed E-state index contributed by atoms with van der Waals surface area (Å²) in [5.74, 6) is 0.0276. The van der Waals surface area contributed by atoms with E-state index in [1.807, 2.05) is 25.1 Å². The molecule has 1 aromatic carbocycles. The number of benzene rings is 1. The molecule has 16 heavy (non-hydrogen) atoms. The highest BCUT2D eigenvalue weighted by Gasteiger charge is 2.35. The molecule has 0 spiro atoms. The zero-order chi connectivity index (χ0) is 11.9. The quantitative estimate of drug-likeness (QED) is 0.832. The Labute approximate surface area is 95.0 Å². The molecule has 1 unspecified atom stereocenters. The largest absolute Gasteiger partial charge is 0.490 e. The fraction of sp³-hybridized carbons (Fsp3) is 0.462. The topological polar surface area (TPSA) is 46.5 Å². The van der Waals surface area contributed by atoms with Gasteiger partial charge in [-0.25, -0.2) is 0 Å². The fourth-order valence-corrected chi connectivity index (χ4v) is 2.13. The summed E-state index contributed by atoms with van der Waals surface area (Å²) in [6, 6.07) is 5.64. The van der Waals surface area contributed by atoms with E-state index < -0.39 is 11.4 Å². The number of hydrogen-bond donors (Lipinski definition) is 1. The second-order valence-electron chi connectivity index (χ2n) is 4.85. The molecule has 1 atom stereocenters. The first-order valence-corrected chi connectivity index (χ1v) is 5.45. The SMILES string of the molecule is CC1Cc2c(cccc2C(C)(C)C(=O)O)O1. The van der Waals surface area contributed by atoms with Gasteiger partial charge < -0.3 is 9.84 Å². The van der Waals surface area contributed by atoms with Gasteiger partial charge in [0.05, 0.1) is 5.41 Å². The monoisotopic (exact) mass is 220 g/mol. The second-order valence-corrected chi connectivity index (χ2v) is 4.85. The Bertz CT molecular complexity index is 435. The van der Waals surface area contributed by atoms with Gasteiger partial charge in [0.25, 0.3) is 0 Å². The van der Waals surface area contributed by atoms with E-state index in [0.717, 1.165) is 23.3 Å². The number of hydrogen-bond acceptors (Lipinski definition) is 2. The zero-order valence-electron chi connectivity index (χ0n) is 9.78. The summed E-state index contributed by atoms with van der Waals surface area (Å²) >= 11 is 0. The van der Waals surface area contributed by atoms with E-state index in [9.17, 15) is 9.90 Å². The van der Waals surface area contributed by atoms with Crippen LogP contribution in [0.1, 0.15) is 31.9 Å². The third kappa shape index (κ3) is 1.56. The first-order chi connectivity index (χ1) is 7.43. The molecule has 0 bridgehead atoms. The van der Waals surface area contributed by atoms with Crippen LogP contribution in [0.5, 0.6) is 5.75 Å². The van der Waals surface area contributed by atoms with Crippen molar-refractivity contribution in [2.45, 2.75) is 38.7 Å². The van der Waals surface area contributed by atoms with E-state index in [1.54, 1.807) is 13.8 Å². The third-order valence-corrected chi connectivity index (χ3v) is 3.16. The Morgan fingerprint density at radius 1 is 1.50 bits per heavy atom.